The first-order valence-corrected chi connectivity index (χ1v) is 9.78. The Morgan fingerprint density at radius 2 is 2.26 bits per heavy atom. The van der Waals surface area contributed by atoms with Crippen molar-refractivity contribution >= 4 is 11.8 Å². The number of hydrogen-bond donors (Lipinski definition) is 2. The molecule has 2 fully saturated rings. The molecule has 2 saturated carbocycles. The predicted molar refractivity (Wildman–Crippen MR) is 103 cm³/mol. The monoisotopic (exact) mass is 369 g/mol. The summed E-state index contributed by atoms with van der Waals surface area (Å²) < 4.78 is 11.8. The molecule has 2 atom stereocenters. The zero-order valence-corrected chi connectivity index (χ0v) is 15.9. The van der Waals surface area contributed by atoms with Gasteiger partial charge < -0.3 is 25.4 Å². The van der Waals surface area contributed by atoms with E-state index >= 15 is 0 Å². The number of allylic oxidation sites excluding steroid dienone is 2. The van der Waals surface area contributed by atoms with Gasteiger partial charge in [0.25, 0.3) is 0 Å². The Hall–Kier alpha value is -2.44. The van der Waals surface area contributed by atoms with Gasteiger partial charge in [-0.15, -0.1) is 0 Å². The first-order valence-electron chi connectivity index (χ1n) is 9.78. The molecule has 0 aromatic carbocycles. The largest absolute Gasteiger partial charge is 0.501 e. The number of likely N-dealkylation sites (N-methyl/N-ethyl adjacent to an activating group) is 1. The number of aromatic nitrogens is 2. The second-order valence-electron chi connectivity index (χ2n) is 8.48. The molecule has 3 aliphatic heterocycles. The molecule has 4 heterocycles. The van der Waals surface area contributed by atoms with Crippen molar-refractivity contribution in [2.45, 2.75) is 38.1 Å². The summed E-state index contributed by atoms with van der Waals surface area (Å²) >= 11 is 0. The van der Waals surface area contributed by atoms with Gasteiger partial charge in [-0.3, -0.25) is 0 Å². The van der Waals surface area contributed by atoms with Crippen molar-refractivity contribution in [3.05, 3.63) is 29.9 Å². The second-order valence-corrected chi connectivity index (χ2v) is 8.48. The highest BCUT2D eigenvalue weighted by molar-refractivity contribution is 5.57. The molecule has 0 saturated heterocycles. The highest BCUT2D eigenvalue weighted by Gasteiger charge is 2.53. The average molecular weight is 369 g/mol. The van der Waals surface area contributed by atoms with Gasteiger partial charge in [0.1, 0.15) is 12.4 Å². The molecule has 144 valence electrons. The zero-order chi connectivity index (χ0) is 18.6. The number of nitrogens with two attached hydrogens (primary N) is 1. The molecule has 0 amide bonds. The Kier molecular flexibility index (Phi) is 3.74. The van der Waals surface area contributed by atoms with Gasteiger partial charge in [0.05, 0.1) is 25.0 Å². The van der Waals surface area contributed by atoms with Gasteiger partial charge in [-0.2, -0.15) is 4.98 Å². The van der Waals surface area contributed by atoms with Crippen LogP contribution in [0.15, 0.2) is 29.9 Å². The minimum absolute atomic E-state index is 0.370. The van der Waals surface area contributed by atoms with Crippen LogP contribution in [0.25, 0.3) is 0 Å². The van der Waals surface area contributed by atoms with Crippen LogP contribution >= 0.6 is 0 Å². The summed E-state index contributed by atoms with van der Waals surface area (Å²) in [5, 5.41) is 3.23. The topological polar surface area (TPSA) is 85.5 Å². The lowest BCUT2D eigenvalue weighted by Gasteiger charge is -2.52. The number of nitrogens with one attached hydrogen (secondary N) is 1. The molecule has 27 heavy (non-hydrogen) atoms. The summed E-state index contributed by atoms with van der Waals surface area (Å²) in [7, 11) is 3.88. The van der Waals surface area contributed by atoms with Crippen LogP contribution in [0.4, 0.5) is 11.8 Å². The number of fused-ring (bicyclic) bond motifs is 2. The predicted octanol–water partition coefficient (Wildman–Crippen LogP) is 2.63. The standard InChI is InChI=1S/C20H27N5O2/c1-25-15-11-27-17-10-22-19(24-18(17)25)23-14(9-21)5-16(26-2)12-3-4-20(6-12)7-13(15)8-20/h5,9-10,12-13,15H,3-4,6-8,11,21H2,1-2H3,(H,22,23,24)/b14-9+,16-5+. The SMILES string of the molecule is CO/C1=C/C(=C\N)Nc2ncc3c(n2)N(C)C(CO3)C2CC3(CCC1C3)C2. The normalized spacial score (nSPS) is 37.6. The van der Waals surface area contributed by atoms with Crippen molar-refractivity contribution in [2.75, 3.05) is 31.0 Å². The molecule has 5 aliphatic rings. The molecule has 3 N–H and O–H groups in total. The van der Waals surface area contributed by atoms with Crippen molar-refractivity contribution in [3.63, 3.8) is 0 Å². The minimum atomic E-state index is 0.370. The van der Waals surface area contributed by atoms with Crippen LogP contribution in [0.1, 0.15) is 32.1 Å². The van der Waals surface area contributed by atoms with E-state index in [1.807, 2.05) is 6.08 Å². The van der Waals surface area contributed by atoms with E-state index in [2.05, 4.69) is 22.2 Å². The van der Waals surface area contributed by atoms with E-state index in [1.165, 1.54) is 32.1 Å². The molecule has 1 aromatic heterocycles. The highest BCUT2D eigenvalue weighted by Crippen LogP contribution is 2.60. The van der Waals surface area contributed by atoms with E-state index in [4.69, 9.17) is 20.2 Å². The molecule has 2 unspecified atom stereocenters. The van der Waals surface area contributed by atoms with E-state index in [0.717, 1.165) is 23.0 Å². The third-order valence-corrected chi connectivity index (χ3v) is 6.99. The number of rotatable bonds is 1. The van der Waals surface area contributed by atoms with Crippen LogP contribution in [0.3, 0.4) is 0 Å². The maximum atomic E-state index is 6.00. The van der Waals surface area contributed by atoms with Crippen molar-refractivity contribution in [2.24, 2.45) is 23.0 Å². The van der Waals surface area contributed by atoms with E-state index < -0.39 is 0 Å². The quantitative estimate of drug-likeness (QED) is 0.787. The molecule has 6 rings (SSSR count). The Labute approximate surface area is 159 Å². The summed E-state index contributed by atoms with van der Waals surface area (Å²) in [6.07, 6.45) is 11.5. The van der Waals surface area contributed by atoms with E-state index in [1.54, 1.807) is 19.5 Å². The molecule has 1 spiro atoms. The fourth-order valence-electron chi connectivity index (χ4n) is 5.57. The summed E-state index contributed by atoms with van der Waals surface area (Å²) in [6.45, 7) is 0.709. The summed E-state index contributed by atoms with van der Waals surface area (Å²) in [4.78, 5) is 11.4. The number of nitrogens with zero attached hydrogens (tertiary/aromatic N) is 3. The maximum Gasteiger partial charge on any atom is 0.229 e. The molecule has 6 bridgehead atoms. The Balaban J connectivity index is 1.57. The number of methoxy groups -OCH3 is 1. The van der Waals surface area contributed by atoms with Crippen LogP contribution in [-0.4, -0.2) is 36.8 Å². The van der Waals surface area contributed by atoms with Gasteiger partial charge in [-0.1, -0.05) is 0 Å². The van der Waals surface area contributed by atoms with Crippen LogP contribution in [0.2, 0.25) is 0 Å². The maximum absolute atomic E-state index is 6.00. The summed E-state index contributed by atoms with van der Waals surface area (Å²) in [5.41, 5.74) is 7.08. The molecule has 7 nitrogen and oxygen atoms in total. The minimum Gasteiger partial charge on any atom is -0.501 e. The van der Waals surface area contributed by atoms with E-state index in [9.17, 15) is 0 Å². The summed E-state index contributed by atoms with van der Waals surface area (Å²) in [6, 6.07) is 0.370. The lowest BCUT2D eigenvalue weighted by Crippen LogP contribution is -2.52. The number of ether oxygens (including phenoxy) is 2. The van der Waals surface area contributed by atoms with Crippen molar-refractivity contribution in [3.8, 4) is 5.75 Å². The van der Waals surface area contributed by atoms with Crippen molar-refractivity contribution in [1.29, 1.82) is 0 Å². The lowest BCUT2D eigenvalue weighted by atomic mass is 9.58. The Morgan fingerprint density at radius 3 is 3.04 bits per heavy atom. The van der Waals surface area contributed by atoms with Gasteiger partial charge >= 0.3 is 0 Å². The molecule has 7 heteroatoms. The average Bonchev–Trinajstić information content (AvgIpc) is 3.09. The second kappa shape index (κ2) is 6.04. The van der Waals surface area contributed by atoms with Crippen molar-refractivity contribution in [1.82, 2.24) is 9.97 Å². The number of anilines is 2. The third kappa shape index (κ3) is 2.63. The smallest absolute Gasteiger partial charge is 0.229 e. The van der Waals surface area contributed by atoms with Gasteiger partial charge in [-0.25, -0.2) is 4.98 Å². The highest BCUT2D eigenvalue weighted by atomic mass is 16.5. The van der Waals surface area contributed by atoms with E-state index in [0.29, 0.717) is 35.8 Å². The van der Waals surface area contributed by atoms with Crippen molar-refractivity contribution < 1.29 is 9.47 Å². The molecular formula is C20H27N5O2. The van der Waals surface area contributed by atoms with E-state index in [-0.39, 0.29) is 0 Å². The fourth-order valence-corrected chi connectivity index (χ4v) is 5.57. The summed E-state index contributed by atoms with van der Waals surface area (Å²) in [5.74, 6) is 4.21. The van der Waals surface area contributed by atoms with Crippen LogP contribution in [-0.2, 0) is 4.74 Å². The van der Waals surface area contributed by atoms with Gasteiger partial charge in [0.15, 0.2) is 11.6 Å². The van der Waals surface area contributed by atoms with Gasteiger partial charge in [0, 0.05) is 25.2 Å². The Bertz CT molecular complexity index is 815. The number of hydrogen-bond acceptors (Lipinski definition) is 7. The molecule has 2 aliphatic carbocycles. The Morgan fingerprint density at radius 1 is 1.41 bits per heavy atom. The first-order chi connectivity index (χ1) is 13.1. The zero-order valence-electron chi connectivity index (χ0n) is 15.9. The van der Waals surface area contributed by atoms with Crippen LogP contribution < -0.4 is 20.7 Å². The van der Waals surface area contributed by atoms with Gasteiger partial charge in [0.2, 0.25) is 5.95 Å². The van der Waals surface area contributed by atoms with Crippen LogP contribution in [0.5, 0.6) is 5.75 Å². The molecule has 1 aromatic rings. The lowest BCUT2D eigenvalue weighted by molar-refractivity contribution is 0.0243. The van der Waals surface area contributed by atoms with Gasteiger partial charge in [-0.05, 0) is 43.4 Å². The molecular weight excluding hydrogens is 342 g/mol. The third-order valence-electron chi connectivity index (χ3n) is 6.99. The fraction of sp³-hybridized carbons (Fsp3) is 0.600. The first kappa shape index (κ1) is 16.7. The van der Waals surface area contributed by atoms with Crippen LogP contribution in [0, 0.1) is 17.3 Å². The molecule has 0 radical (unpaired) electrons.